The van der Waals surface area contributed by atoms with Crippen molar-refractivity contribution in [2.75, 3.05) is 12.9 Å². The molecule has 0 saturated carbocycles. The second-order valence-electron chi connectivity index (χ2n) is 6.67. The molecule has 0 saturated heterocycles. The van der Waals surface area contributed by atoms with Gasteiger partial charge >= 0.3 is 0 Å². The van der Waals surface area contributed by atoms with E-state index in [2.05, 4.69) is 28.2 Å². The van der Waals surface area contributed by atoms with Crippen LogP contribution in [0.15, 0.2) is 57.0 Å². The van der Waals surface area contributed by atoms with Crippen molar-refractivity contribution < 1.29 is 9.53 Å². The third-order valence-electron chi connectivity index (χ3n) is 4.73. The van der Waals surface area contributed by atoms with Gasteiger partial charge in [0.25, 0.3) is 5.91 Å². The monoisotopic (exact) mass is 472 g/mol. The van der Waals surface area contributed by atoms with E-state index in [1.54, 1.807) is 23.9 Å². The summed E-state index contributed by atoms with van der Waals surface area (Å²) in [4.78, 5) is 17.9. The Labute approximate surface area is 181 Å². The third kappa shape index (κ3) is 3.91. The molecule has 6 nitrogen and oxygen atoms in total. The quantitative estimate of drug-likeness (QED) is 0.678. The predicted octanol–water partition coefficient (Wildman–Crippen LogP) is 3.13. The molecule has 2 aromatic rings. The van der Waals surface area contributed by atoms with Crippen LogP contribution in [0.25, 0.3) is 5.70 Å². The van der Waals surface area contributed by atoms with E-state index in [1.165, 1.54) is 0 Å². The Bertz CT molecular complexity index is 1100. The van der Waals surface area contributed by atoms with Gasteiger partial charge in [-0.05, 0) is 46.1 Å². The highest BCUT2D eigenvalue weighted by Crippen LogP contribution is 2.34. The van der Waals surface area contributed by atoms with Crippen molar-refractivity contribution in [2.24, 2.45) is 10.1 Å². The number of hydrogen-bond donors (Lipinski definition) is 1. The molecule has 2 heterocycles. The normalized spacial score (nSPS) is 17.7. The number of unbranched alkanes of at least 4 members (excludes halogenated alkanes) is 1. The highest BCUT2D eigenvalue weighted by Gasteiger charge is 2.34. The van der Waals surface area contributed by atoms with Gasteiger partial charge in [0.1, 0.15) is 11.4 Å². The van der Waals surface area contributed by atoms with Crippen molar-refractivity contribution in [3.63, 3.8) is 0 Å². The Hall–Kier alpha value is -2.32. The van der Waals surface area contributed by atoms with E-state index in [0.717, 1.165) is 45.0 Å². The molecule has 1 N–H and O–H groups in total. The molecule has 0 unspecified atom stereocenters. The maximum Gasteiger partial charge on any atom is 0.276 e. The first-order chi connectivity index (χ1) is 14.1. The molecular weight excluding hydrogens is 452 g/mol. The van der Waals surface area contributed by atoms with Crippen molar-refractivity contribution in [3.05, 3.63) is 63.1 Å². The molecule has 2 aliphatic rings. The summed E-state index contributed by atoms with van der Waals surface area (Å²) in [6.45, 7) is 2.14. The molecule has 1 amide bonds. The number of hydrogen-bond acceptors (Lipinski definition) is 6. The second-order valence-corrected chi connectivity index (χ2v) is 8.61. The number of benzene rings is 2. The molecule has 0 bridgehead atoms. The van der Waals surface area contributed by atoms with E-state index >= 15 is 0 Å². The summed E-state index contributed by atoms with van der Waals surface area (Å²) < 4.78 is 6.18. The van der Waals surface area contributed by atoms with E-state index in [-0.39, 0.29) is 5.91 Å². The van der Waals surface area contributed by atoms with Gasteiger partial charge in [0.2, 0.25) is 0 Å². The standard InChI is InChI=1S/C21H21BrN4O2S/c1-3-4-11-29-21-24-20(27)18-14-7-5-6-8-16(14)23-19(26(18)25-21)13-9-10-17(28-2)15(22)12-13/h5-10,12,19H,3-4,11H2,1-2H3,(H,24,25,27)/t19-/m1/s1. The number of carbonyl (C=O) groups is 1. The number of carbonyl (C=O) groups excluding carboxylic acids is 1. The Kier molecular flexibility index (Phi) is 5.91. The first-order valence-electron chi connectivity index (χ1n) is 9.45. The number of amides is 1. The molecular formula is C21H21BrN4O2S. The number of nitrogens with one attached hydrogen (secondary N) is 1. The van der Waals surface area contributed by atoms with Gasteiger partial charge in [0.15, 0.2) is 11.3 Å². The van der Waals surface area contributed by atoms with Crippen molar-refractivity contribution in [3.8, 4) is 5.75 Å². The highest BCUT2D eigenvalue weighted by atomic mass is 79.9. The number of thioether (sulfide) groups is 1. The summed E-state index contributed by atoms with van der Waals surface area (Å²) in [6.07, 6.45) is 1.73. The second kappa shape index (κ2) is 8.59. The Morgan fingerprint density at radius 2 is 2.10 bits per heavy atom. The minimum Gasteiger partial charge on any atom is -0.496 e. The molecule has 2 aromatic carbocycles. The van der Waals surface area contributed by atoms with Gasteiger partial charge in [-0.15, -0.1) is 5.10 Å². The first-order valence-corrected chi connectivity index (χ1v) is 11.2. The van der Waals surface area contributed by atoms with Crippen LogP contribution in [0.2, 0.25) is 0 Å². The fraction of sp³-hybridized carbons (Fsp3) is 0.286. The van der Waals surface area contributed by atoms with Crippen LogP contribution in [-0.4, -0.2) is 28.9 Å². The van der Waals surface area contributed by atoms with Crippen molar-refractivity contribution in [1.29, 1.82) is 0 Å². The maximum absolute atomic E-state index is 13.0. The number of rotatable bonds is 5. The molecule has 0 spiro atoms. The third-order valence-corrected chi connectivity index (χ3v) is 6.30. The van der Waals surface area contributed by atoms with Gasteiger partial charge in [-0.1, -0.05) is 49.4 Å². The molecule has 0 radical (unpaired) electrons. The molecule has 4 rings (SSSR count). The van der Waals surface area contributed by atoms with Crippen molar-refractivity contribution in [1.82, 2.24) is 10.3 Å². The van der Waals surface area contributed by atoms with Gasteiger partial charge in [-0.3, -0.25) is 15.1 Å². The van der Waals surface area contributed by atoms with Crippen LogP contribution in [-0.2, 0) is 4.79 Å². The van der Waals surface area contributed by atoms with Gasteiger partial charge in [0, 0.05) is 11.0 Å². The van der Waals surface area contributed by atoms with Crippen molar-refractivity contribution in [2.45, 2.75) is 25.9 Å². The molecule has 0 aliphatic carbocycles. The Morgan fingerprint density at radius 1 is 1.28 bits per heavy atom. The number of nitrogens with zero attached hydrogens (tertiary/aromatic N) is 3. The van der Waals surface area contributed by atoms with Crippen LogP contribution in [0.4, 0.5) is 0 Å². The minimum absolute atomic E-state index is 0.154. The largest absolute Gasteiger partial charge is 0.496 e. The first kappa shape index (κ1) is 20.0. The topological polar surface area (TPSA) is 66.3 Å². The van der Waals surface area contributed by atoms with Gasteiger partial charge in [-0.2, -0.15) is 0 Å². The van der Waals surface area contributed by atoms with E-state index in [4.69, 9.17) is 14.8 Å². The SMILES string of the molecule is CCCCSC1=NN2C(=c3ccccc3=N[C@H]2c2ccc(OC)c(Br)c2)C(=O)N1. The summed E-state index contributed by atoms with van der Waals surface area (Å²) >= 11 is 5.11. The smallest absolute Gasteiger partial charge is 0.276 e. The summed E-state index contributed by atoms with van der Waals surface area (Å²) in [5, 5.41) is 11.6. The Morgan fingerprint density at radius 3 is 2.86 bits per heavy atom. The van der Waals surface area contributed by atoms with Crippen LogP contribution in [0.5, 0.6) is 5.75 Å². The van der Waals surface area contributed by atoms with Crippen LogP contribution in [0.3, 0.4) is 0 Å². The number of halogens is 1. The van der Waals surface area contributed by atoms with Crippen LogP contribution in [0, 0.1) is 0 Å². The number of methoxy groups -OCH3 is 1. The number of amidine groups is 1. The summed E-state index contributed by atoms with van der Waals surface area (Å²) in [5.74, 6) is 1.49. The molecule has 29 heavy (non-hydrogen) atoms. The van der Waals surface area contributed by atoms with Gasteiger partial charge in [0.05, 0.1) is 16.9 Å². The van der Waals surface area contributed by atoms with E-state index in [1.807, 2.05) is 42.5 Å². The summed E-state index contributed by atoms with van der Waals surface area (Å²) in [7, 11) is 1.63. The lowest BCUT2D eigenvalue weighted by atomic mass is 10.1. The molecule has 2 aliphatic heterocycles. The molecule has 1 atom stereocenters. The zero-order valence-electron chi connectivity index (χ0n) is 16.2. The van der Waals surface area contributed by atoms with E-state index in [0.29, 0.717) is 10.9 Å². The number of fused-ring (bicyclic) bond motifs is 2. The van der Waals surface area contributed by atoms with E-state index < -0.39 is 6.17 Å². The molecule has 0 aromatic heterocycles. The average Bonchev–Trinajstić information content (AvgIpc) is 2.73. The average molecular weight is 473 g/mol. The van der Waals surface area contributed by atoms with Gasteiger partial charge < -0.3 is 4.74 Å². The van der Waals surface area contributed by atoms with E-state index in [9.17, 15) is 4.79 Å². The zero-order chi connectivity index (χ0) is 20.4. The lowest BCUT2D eigenvalue weighted by Crippen LogP contribution is -2.50. The number of para-hydroxylation sites is 1. The number of ether oxygens (including phenoxy) is 1. The zero-order valence-corrected chi connectivity index (χ0v) is 18.6. The van der Waals surface area contributed by atoms with Gasteiger partial charge in [-0.25, -0.2) is 5.01 Å². The molecule has 150 valence electrons. The maximum atomic E-state index is 13.0. The number of hydrazone groups is 1. The fourth-order valence-electron chi connectivity index (χ4n) is 3.27. The summed E-state index contributed by atoms with van der Waals surface area (Å²) in [5.41, 5.74) is 1.44. The predicted molar refractivity (Wildman–Crippen MR) is 119 cm³/mol. The van der Waals surface area contributed by atoms with Crippen molar-refractivity contribution >= 4 is 44.5 Å². The van der Waals surface area contributed by atoms with Crippen LogP contribution in [0.1, 0.15) is 31.5 Å². The molecule has 0 fully saturated rings. The highest BCUT2D eigenvalue weighted by molar-refractivity contribution is 9.10. The van der Waals surface area contributed by atoms with Crippen LogP contribution < -0.4 is 20.6 Å². The van der Waals surface area contributed by atoms with Crippen LogP contribution >= 0.6 is 27.7 Å². The Balaban J connectivity index is 1.83. The molecule has 8 heteroatoms. The lowest BCUT2D eigenvalue weighted by molar-refractivity contribution is -0.116. The lowest BCUT2D eigenvalue weighted by Gasteiger charge is -2.34. The fourth-order valence-corrected chi connectivity index (χ4v) is 4.76. The minimum atomic E-state index is -0.435. The summed E-state index contributed by atoms with van der Waals surface area (Å²) in [6, 6.07) is 13.5.